The van der Waals surface area contributed by atoms with Crippen LogP contribution in [0, 0.1) is 5.92 Å². The van der Waals surface area contributed by atoms with Crippen molar-refractivity contribution in [1.82, 2.24) is 10.6 Å². The number of piperidine rings is 1. The van der Waals surface area contributed by atoms with Crippen molar-refractivity contribution in [2.24, 2.45) is 5.92 Å². The van der Waals surface area contributed by atoms with Crippen LogP contribution < -0.4 is 10.6 Å². The van der Waals surface area contributed by atoms with Crippen molar-refractivity contribution in [3.8, 4) is 0 Å². The smallest absolute Gasteiger partial charge is 0.305 e. The second-order valence-corrected chi connectivity index (χ2v) is 5.41. The summed E-state index contributed by atoms with van der Waals surface area (Å²) in [7, 11) is 1.42. The lowest BCUT2D eigenvalue weighted by Crippen LogP contribution is -2.38. The Bertz CT molecular complexity index is 289. The largest absolute Gasteiger partial charge is 0.469 e. The standard InChI is InChI=1S/C15H28N2O3/c1-20-14(18)7-5-3-2-4-6-10-17-15(19)13-8-11-16-12-9-13/h13,16H,2-12H2,1H3,(H,17,19). The number of hydrogen-bond donors (Lipinski definition) is 2. The number of esters is 1. The second kappa shape index (κ2) is 10.7. The molecule has 0 atom stereocenters. The Labute approximate surface area is 121 Å². The highest BCUT2D eigenvalue weighted by Gasteiger charge is 2.19. The molecule has 1 aliphatic heterocycles. The zero-order valence-electron chi connectivity index (χ0n) is 12.6. The van der Waals surface area contributed by atoms with E-state index in [9.17, 15) is 9.59 Å². The Kier molecular flexibility index (Phi) is 9.04. The Morgan fingerprint density at radius 2 is 1.75 bits per heavy atom. The van der Waals surface area contributed by atoms with E-state index in [0.29, 0.717) is 6.42 Å². The minimum Gasteiger partial charge on any atom is -0.469 e. The van der Waals surface area contributed by atoms with Gasteiger partial charge in [-0.05, 0) is 38.8 Å². The number of amides is 1. The molecule has 0 unspecified atom stereocenters. The number of unbranched alkanes of at least 4 members (excludes halogenated alkanes) is 4. The monoisotopic (exact) mass is 284 g/mol. The summed E-state index contributed by atoms with van der Waals surface area (Å²) >= 11 is 0. The number of carbonyl (C=O) groups is 2. The number of rotatable bonds is 9. The molecule has 0 aromatic carbocycles. The van der Waals surface area contributed by atoms with Crippen LogP contribution in [0.3, 0.4) is 0 Å². The molecule has 20 heavy (non-hydrogen) atoms. The fraction of sp³-hybridized carbons (Fsp3) is 0.867. The Morgan fingerprint density at radius 1 is 1.10 bits per heavy atom. The minimum atomic E-state index is -0.126. The van der Waals surface area contributed by atoms with Gasteiger partial charge in [0.2, 0.25) is 5.91 Å². The Balaban J connectivity index is 1.89. The normalized spacial score (nSPS) is 15.8. The summed E-state index contributed by atoms with van der Waals surface area (Å²) in [6.45, 7) is 2.69. The molecule has 1 amide bonds. The molecule has 0 radical (unpaired) electrons. The predicted molar refractivity (Wildman–Crippen MR) is 78.3 cm³/mol. The number of nitrogens with one attached hydrogen (secondary N) is 2. The molecule has 0 aliphatic carbocycles. The summed E-state index contributed by atoms with van der Waals surface area (Å²) in [5, 5.41) is 6.29. The van der Waals surface area contributed by atoms with Crippen molar-refractivity contribution in [2.75, 3.05) is 26.7 Å². The molecule has 0 bridgehead atoms. The van der Waals surface area contributed by atoms with Crippen molar-refractivity contribution in [3.05, 3.63) is 0 Å². The third-order valence-corrected chi connectivity index (χ3v) is 3.79. The van der Waals surface area contributed by atoms with Gasteiger partial charge in [0.05, 0.1) is 7.11 Å². The van der Waals surface area contributed by atoms with Crippen molar-refractivity contribution in [3.63, 3.8) is 0 Å². The van der Waals surface area contributed by atoms with E-state index in [1.807, 2.05) is 0 Å². The van der Waals surface area contributed by atoms with E-state index in [2.05, 4.69) is 15.4 Å². The lowest BCUT2D eigenvalue weighted by molar-refractivity contribution is -0.140. The van der Waals surface area contributed by atoms with Gasteiger partial charge in [0, 0.05) is 18.9 Å². The molecule has 0 saturated carbocycles. The molecule has 1 rings (SSSR count). The van der Waals surface area contributed by atoms with E-state index in [1.54, 1.807) is 0 Å². The van der Waals surface area contributed by atoms with Crippen LogP contribution in [-0.2, 0) is 14.3 Å². The first-order valence-electron chi connectivity index (χ1n) is 7.79. The highest BCUT2D eigenvalue weighted by atomic mass is 16.5. The summed E-state index contributed by atoms with van der Waals surface area (Å²) in [6.07, 6.45) is 7.62. The first kappa shape index (κ1) is 17.0. The van der Waals surface area contributed by atoms with Crippen molar-refractivity contribution >= 4 is 11.9 Å². The van der Waals surface area contributed by atoms with Crippen LogP contribution in [0.5, 0.6) is 0 Å². The van der Waals surface area contributed by atoms with Gasteiger partial charge in [-0.2, -0.15) is 0 Å². The lowest BCUT2D eigenvalue weighted by atomic mass is 9.97. The summed E-state index contributed by atoms with van der Waals surface area (Å²) in [4.78, 5) is 22.7. The third kappa shape index (κ3) is 7.48. The first-order valence-corrected chi connectivity index (χ1v) is 7.79. The van der Waals surface area contributed by atoms with Crippen molar-refractivity contribution in [2.45, 2.75) is 51.4 Å². The topological polar surface area (TPSA) is 67.4 Å². The van der Waals surface area contributed by atoms with Gasteiger partial charge in [0.25, 0.3) is 0 Å². The van der Waals surface area contributed by atoms with Crippen LogP contribution >= 0.6 is 0 Å². The van der Waals surface area contributed by atoms with Gasteiger partial charge in [-0.15, -0.1) is 0 Å². The van der Waals surface area contributed by atoms with Gasteiger partial charge in [-0.25, -0.2) is 0 Å². The molecule has 0 aromatic heterocycles. The fourth-order valence-corrected chi connectivity index (χ4v) is 2.47. The SMILES string of the molecule is COC(=O)CCCCCCCNC(=O)C1CCNCC1. The molecular formula is C15H28N2O3. The summed E-state index contributed by atoms with van der Waals surface area (Å²) in [5.74, 6) is 0.299. The van der Waals surface area contributed by atoms with Gasteiger partial charge in [-0.1, -0.05) is 19.3 Å². The van der Waals surface area contributed by atoms with E-state index < -0.39 is 0 Å². The molecule has 1 aliphatic rings. The van der Waals surface area contributed by atoms with Crippen LogP contribution in [0.15, 0.2) is 0 Å². The molecule has 0 aromatic rings. The number of carbonyl (C=O) groups excluding carboxylic acids is 2. The van der Waals surface area contributed by atoms with Crippen LogP contribution in [-0.4, -0.2) is 38.6 Å². The minimum absolute atomic E-state index is 0.126. The average Bonchev–Trinajstić information content (AvgIpc) is 2.50. The zero-order chi connectivity index (χ0) is 14.6. The van der Waals surface area contributed by atoms with Crippen LogP contribution in [0.25, 0.3) is 0 Å². The summed E-state index contributed by atoms with van der Waals surface area (Å²) in [5.41, 5.74) is 0. The Morgan fingerprint density at radius 3 is 2.45 bits per heavy atom. The van der Waals surface area contributed by atoms with Crippen molar-refractivity contribution < 1.29 is 14.3 Å². The molecular weight excluding hydrogens is 256 g/mol. The maximum absolute atomic E-state index is 11.9. The predicted octanol–water partition coefficient (Wildman–Crippen LogP) is 1.62. The van der Waals surface area contributed by atoms with E-state index in [-0.39, 0.29) is 17.8 Å². The van der Waals surface area contributed by atoms with Crippen LogP contribution in [0.1, 0.15) is 51.4 Å². The van der Waals surface area contributed by atoms with Crippen LogP contribution in [0.4, 0.5) is 0 Å². The molecule has 5 heteroatoms. The first-order chi connectivity index (χ1) is 9.74. The average molecular weight is 284 g/mol. The fourth-order valence-electron chi connectivity index (χ4n) is 2.47. The molecule has 116 valence electrons. The Hall–Kier alpha value is -1.10. The van der Waals surface area contributed by atoms with E-state index in [4.69, 9.17) is 0 Å². The third-order valence-electron chi connectivity index (χ3n) is 3.79. The number of ether oxygens (including phenoxy) is 1. The quantitative estimate of drug-likeness (QED) is 0.499. The molecule has 5 nitrogen and oxygen atoms in total. The zero-order valence-corrected chi connectivity index (χ0v) is 12.6. The lowest BCUT2D eigenvalue weighted by Gasteiger charge is -2.21. The molecule has 2 N–H and O–H groups in total. The van der Waals surface area contributed by atoms with Gasteiger partial charge < -0.3 is 15.4 Å². The molecule has 1 fully saturated rings. The van der Waals surface area contributed by atoms with Crippen molar-refractivity contribution in [1.29, 1.82) is 0 Å². The maximum Gasteiger partial charge on any atom is 0.305 e. The van der Waals surface area contributed by atoms with E-state index in [0.717, 1.165) is 64.6 Å². The van der Waals surface area contributed by atoms with Gasteiger partial charge >= 0.3 is 5.97 Å². The maximum atomic E-state index is 11.9. The summed E-state index contributed by atoms with van der Waals surface area (Å²) < 4.78 is 4.59. The number of methoxy groups -OCH3 is 1. The molecule has 0 spiro atoms. The molecule has 1 heterocycles. The number of hydrogen-bond acceptors (Lipinski definition) is 4. The van der Waals surface area contributed by atoms with Gasteiger partial charge in [0.1, 0.15) is 0 Å². The summed E-state index contributed by atoms with van der Waals surface area (Å²) in [6, 6.07) is 0. The highest BCUT2D eigenvalue weighted by Crippen LogP contribution is 2.11. The van der Waals surface area contributed by atoms with E-state index >= 15 is 0 Å². The van der Waals surface area contributed by atoms with Gasteiger partial charge in [-0.3, -0.25) is 9.59 Å². The van der Waals surface area contributed by atoms with Crippen LogP contribution in [0.2, 0.25) is 0 Å². The second-order valence-electron chi connectivity index (χ2n) is 5.41. The highest BCUT2D eigenvalue weighted by molar-refractivity contribution is 5.78. The molecule has 1 saturated heterocycles. The van der Waals surface area contributed by atoms with E-state index in [1.165, 1.54) is 7.11 Å². The van der Waals surface area contributed by atoms with Gasteiger partial charge in [0.15, 0.2) is 0 Å².